The molecule has 1 atom stereocenters. The van der Waals surface area contributed by atoms with E-state index in [1.54, 1.807) is 18.9 Å². The van der Waals surface area contributed by atoms with Gasteiger partial charge in [-0.3, -0.25) is 15.5 Å². The maximum absolute atomic E-state index is 11.3. The van der Waals surface area contributed by atoms with Crippen molar-refractivity contribution in [3.05, 3.63) is 15.8 Å². The molecule has 1 aliphatic rings. The number of ether oxygens (including phenoxy) is 1. The summed E-state index contributed by atoms with van der Waals surface area (Å²) in [7, 11) is 1.78. The molecule has 116 valence electrons. The minimum Gasteiger partial charge on any atom is -0.381 e. The van der Waals surface area contributed by atoms with Crippen molar-refractivity contribution in [1.29, 1.82) is 0 Å². The predicted octanol–water partition coefficient (Wildman–Crippen LogP) is 0.842. The van der Waals surface area contributed by atoms with Crippen LogP contribution in [0.4, 0.5) is 17.5 Å². The molecule has 9 nitrogen and oxygen atoms in total. The molecule has 1 fully saturated rings. The lowest BCUT2D eigenvalue weighted by Gasteiger charge is -2.27. The summed E-state index contributed by atoms with van der Waals surface area (Å²) >= 11 is 0. The third-order valence-corrected chi connectivity index (χ3v) is 3.50. The van der Waals surface area contributed by atoms with Gasteiger partial charge in [0.1, 0.15) is 5.69 Å². The molecule has 0 aliphatic carbocycles. The van der Waals surface area contributed by atoms with E-state index in [-0.39, 0.29) is 23.1 Å². The number of rotatable bonds is 5. The van der Waals surface area contributed by atoms with Crippen molar-refractivity contribution < 1.29 is 9.66 Å². The Bertz CT molecular complexity index is 518. The van der Waals surface area contributed by atoms with E-state index in [2.05, 4.69) is 15.4 Å². The number of hydrogen-bond donors (Lipinski definition) is 2. The summed E-state index contributed by atoms with van der Waals surface area (Å²) in [6, 6.07) is 0. The van der Waals surface area contributed by atoms with Crippen LogP contribution in [-0.2, 0) is 4.74 Å². The fraction of sp³-hybridized carbons (Fsp3) is 0.667. The Balaban J connectivity index is 2.26. The largest absolute Gasteiger partial charge is 0.381 e. The van der Waals surface area contributed by atoms with Crippen LogP contribution >= 0.6 is 0 Å². The zero-order valence-corrected chi connectivity index (χ0v) is 12.2. The van der Waals surface area contributed by atoms with Gasteiger partial charge in [0.15, 0.2) is 0 Å². The van der Waals surface area contributed by atoms with Gasteiger partial charge in [-0.2, -0.15) is 4.98 Å². The van der Waals surface area contributed by atoms with Gasteiger partial charge >= 0.3 is 5.69 Å². The van der Waals surface area contributed by atoms with E-state index in [0.717, 1.165) is 19.4 Å². The SMILES string of the molecule is Cc1nc(NN)nc(N(C)CC2CCCOC2)c1[N+](=O)[O-]. The fourth-order valence-electron chi connectivity index (χ4n) is 2.52. The summed E-state index contributed by atoms with van der Waals surface area (Å²) in [5.41, 5.74) is 2.53. The van der Waals surface area contributed by atoms with Gasteiger partial charge < -0.3 is 9.64 Å². The summed E-state index contributed by atoms with van der Waals surface area (Å²) in [5, 5.41) is 11.3. The molecule has 3 N–H and O–H groups in total. The van der Waals surface area contributed by atoms with E-state index in [4.69, 9.17) is 10.6 Å². The number of nitrogen functional groups attached to an aromatic ring is 1. The van der Waals surface area contributed by atoms with Gasteiger partial charge in [-0.05, 0) is 25.7 Å². The van der Waals surface area contributed by atoms with Crippen molar-refractivity contribution in [1.82, 2.24) is 9.97 Å². The average Bonchev–Trinajstić information content (AvgIpc) is 2.46. The lowest BCUT2D eigenvalue weighted by Crippen LogP contribution is -2.32. The first-order valence-corrected chi connectivity index (χ1v) is 6.81. The van der Waals surface area contributed by atoms with Crippen molar-refractivity contribution in [2.24, 2.45) is 11.8 Å². The second-order valence-corrected chi connectivity index (χ2v) is 5.17. The molecule has 21 heavy (non-hydrogen) atoms. The van der Waals surface area contributed by atoms with Crippen LogP contribution < -0.4 is 16.2 Å². The van der Waals surface area contributed by atoms with Gasteiger partial charge in [0.05, 0.1) is 11.5 Å². The maximum Gasteiger partial charge on any atom is 0.332 e. The van der Waals surface area contributed by atoms with Gasteiger partial charge in [0.2, 0.25) is 11.8 Å². The Kier molecular flexibility index (Phi) is 4.86. The molecule has 1 unspecified atom stereocenters. The normalized spacial score (nSPS) is 18.3. The molecular weight excluding hydrogens is 276 g/mol. The molecule has 1 saturated heterocycles. The predicted molar refractivity (Wildman–Crippen MR) is 78.0 cm³/mol. The van der Waals surface area contributed by atoms with E-state index >= 15 is 0 Å². The van der Waals surface area contributed by atoms with Crippen molar-refractivity contribution in [3.8, 4) is 0 Å². The molecule has 9 heteroatoms. The minimum atomic E-state index is -0.459. The zero-order chi connectivity index (χ0) is 15.4. The zero-order valence-electron chi connectivity index (χ0n) is 12.2. The second-order valence-electron chi connectivity index (χ2n) is 5.17. The van der Waals surface area contributed by atoms with Crippen LogP contribution in [0.3, 0.4) is 0 Å². The molecule has 0 amide bonds. The Labute approximate surface area is 122 Å². The number of aromatic nitrogens is 2. The first kappa shape index (κ1) is 15.4. The van der Waals surface area contributed by atoms with Gasteiger partial charge in [0.25, 0.3) is 0 Å². The smallest absolute Gasteiger partial charge is 0.332 e. The van der Waals surface area contributed by atoms with Crippen LogP contribution in [0, 0.1) is 23.0 Å². The summed E-state index contributed by atoms with van der Waals surface area (Å²) in [6.07, 6.45) is 2.06. The highest BCUT2D eigenvalue weighted by Crippen LogP contribution is 2.30. The molecule has 0 spiro atoms. The third-order valence-electron chi connectivity index (χ3n) is 3.50. The van der Waals surface area contributed by atoms with Gasteiger partial charge in [-0.25, -0.2) is 10.8 Å². The molecule has 0 radical (unpaired) electrons. The molecular formula is C12H20N6O3. The molecule has 1 aliphatic heterocycles. The lowest BCUT2D eigenvalue weighted by atomic mass is 10.0. The lowest BCUT2D eigenvalue weighted by molar-refractivity contribution is -0.385. The highest BCUT2D eigenvalue weighted by molar-refractivity contribution is 5.62. The highest BCUT2D eigenvalue weighted by Gasteiger charge is 2.26. The van der Waals surface area contributed by atoms with Crippen molar-refractivity contribution in [3.63, 3.8) is 0 Å². The number of nitrogens with two attached hydrogens (primary N) is 1. The Morgan fingerprint density at radius 3 is 2.90 bits per heavy atom. The van der Waals surface area contributed by atoms with Crippen molar-refractivity contribution >= 4 is 17.5 Å². The molecule has 0 aromatic carbocycles. The third kappa shape index (κ3) is 3.56. The summed E-state index contributed by atoms with van der Waals surface area (Å²) < 4.78 is 5.44. The highest BCUT2D eigenvalue weighted by atomic mass is 16.6. The molecule has 2 rings (SSSR count). The number of nitrogens with one attached hydrogen (secondary N) is 1. The first-order valence-electron chi connectivity index (χ1n) is 6.81. The quantitative estimate of drug-likeness (QED) is 0.466. The minimum absolute atomic E-state index is 0.0896. The number of anilines is 2. The number of hydrazine groups is 1. The van der Waals surface area contributed by atoms with E-state index in [1.807, 2.05) is 0 Å². The number of nitro groups is 1. The summed E-state index contributed by atoms with van der Waals surface area (Å²) in [4.78, 5) is 20.7. The van der Waals surface area contributed by atoms with Crippen molar-refractivity contribution in [2.45, 2.75) is 19.8 Å². The molecule has 1 aromatic rings. The monoisotopic (exact) mass is 296 g/mol. The van der Waals surface area contributed by atoms with Crippen LogP contribution in [0.2, 0.25) is 0 Å². The number of hydrogen-bond acceptors (Lipinski definition) is 8. The second kappa shape index (κ2) is 6.64. The van der Waals surface area contributed by atoms with Crippen LogP contribution in [0.1, 0.15) is 18.5 Å². The van der Waals surface area contributed by atoms with Gasteiger partial charge in [0, 0.05) is 20.2 Å². The molecule has 0 saturated carbocycles. The Morgan fingerprint density at radius 2 is 2.33 bits per heavy atom. The van der Waals surface area contributed by atoms with Crippen LogP contribution in [0.25, 0.3) is 0 Å². The molecule has 1 aromatic heterocycles. The van der Waals surface area contributed by atoms with E-state index in [0.29, 0.717) is 19.1 Å². The molecule has 2 heterocycles. The maximum atomic E-state index is 11.3. The number of aryl methyl sites for hydroxylation is 1. The first-order chi connectivity index (χ1) is 10.0. The number of nitrogens with zero attached hydrogens (tertiary/aromatic N) is 4. The van der Waals surface area contributed by atoms with Crippen molar-refractivity contribution in [2.75, 3.05) is 37.1 Å². The average molecular weight is 296 g/mol. The standard InChI is InChI=1S/C12H20N6O3/c1-8-10(18(19)20)11(15-12(14-8)16-13)17(2)6-9-4-3-5-21-7-9/h9H,3-7,13H2,1-2H3,(H,14,15,16). The summed E-state index contributed by atoms with van der Waals surface area (Å²) in [5.74, 6) is 6.09. The van der Waals surface area contributed by atoms with E-state index in [9.17, 15) is 10.1 Å². The van der Waals surface area contributed by atoms with Crippen LogP contribution in [0.5, 0.6) is 0 Å². The van der Waals surface area contributed by atoms with Crippen LogP contribution in [0.15, 0.2) is 0 Å². The Hall–Kier alpha value is -2.00. The summed E-state index contributed by atoms with van der Waals surface area (Å²) in [6.45, 7) is 3.67. The van der Waals surface area contributed by atoms with Gasteiger partial charge in [-0.15, -0.1) is 0 Å². The topological polar surface area (TPSA) is 119 Å². The van der Waals surface area contributed by atoms with E-state index < -0.39 is 4.92 Å². The van der Waals surface area contributed by atoms with E-state index in [1.165, 1.54) is 0 Å². The molecule has 0 bridgehead atoms. The Morgan fingerprint density at radius 1 is 1.57 bits per heavy atom. The van der Waals surface area contributed by atoms with Gasteiger partial charge in [-0.1, -0.05) is 0 Å². The fourth-order valence-corrected chi connectivity index (χ4v) is 2.52. The van der Waals surface area contributed by atoms with Crippen LogP contribution in [-0.4, -0.2) is 41.7 Å².